The molecule has 1 aliphatic carbocycles. The normalized spacial score (nSPS) is 22.4. The maximum atomic E-state index is 15.2. The van der Waals surface area contributed by atoms with E-state index in [1.165, 1.54) is 4.57 Å². The lowest BCUT2D eigenvalue weighted by Gasteiger charge is -2.39. The van der Waals surface area contributed by atoms with Crippen molar-refractivity contribution in [3.05, 3.63) is 63.7 Å². The van der Waals surface area contributed by atoms with Gasteiger partial charge in [-0.1, -0.05) is 11.6 Å². The number of pyridine rings is 1. The van der Waals surface area contributed by atoms with Gasteiger partial charge in [0.05, 0.1) is 40.6 Å². The van der Waals surface area contributed by atoms with Crippen LogP contribution in [0.3, 0.4) is 0 Å². The first-order chi connectivity index (χ1) is 29.4. The van der Waals surface area contributed by atoms with Gasteiger partial charge in [0.2, 0.25) is 23.5 Å². The van der Waals surface area contributed by atoms with Crippen LogP contribution in [-0.4, -0.2) is 105 Å². The van der Waals surface area contributed by atoms with E-state index in [0.717, 1.165) is 80.9 Å². The molecule has 0 bridgehead atoms. The van der Waals surface area contributed by atoms with Crippen LogP contribution in [0.4, 0.5) is 37.6 Å². The Hall–Kier alpha value is -5.55. The molecular weight excluding hydrogens is 808 g/mol. The minimum atomic E-state index is -3.13. The number of aromatic nitrogens is 5. The molecule has 61 heavy (non-hydrogen) atoms. The van der Waals surface area contributed by atoms with Crippen LogP contribution >= 0.6 is 11.6 Å². The summed E-state index contributed by atoms with van der Waals surface area (Å²) in [5.41, 5.74) is 3.86. The second-order valence-electron chi connectivity index (χ2n) is 17.2. The van der Waals surface area contributed by atoms with Crippen LogP contribution in [-0.2, 0) is 23.7 Å². The molecule has 1 saturated carbocycles. The molecule has 7 heterocycles. The predicted molar refractivity (Wildman–Crippen MR) is 230 cm³/mol. The lowest BCUT2D eigenvalue weighted by Crippen LogP contribution is -2.49. The van der Waals surface area contributed by atoms with E-state index in [1.807, 2.05) is 11.7 Å². The van der Waals surface area contributed by atoms with Crippen molar-refractivity contribution in [3.8, 4) is 5.75 Å². The number of fused-ring (bicyclic) bond motifs is 4. The molecule has 3 saturated heterocycles. The first-order valence-corrected chi connectivity index (χ1v) is 21.5. The molecule has 2 unspecified atom stereocenters. The number of hydrogen-bond donors (Lipinski definition) is 3. The molecule has 15 nitrogen and oxygen atoms in total. The number of piperidine rings is 2. The second-order valence-corrected chi connectivity index (χ2v) is 17.6. The van der Waals surface area contributed by atoms with Crippen LogP contribution in [0.1, 0.15) is 50.1 Å². The number of hydrogen-bond acceptors (Lipinski definition) is 12. The highest BCUT2D eigenvalue weighted by Gasteiger charge is 2.51. The number of aryl methyl sites for hydroxylation is 2. The van der Waals surface area contributed by atoms with Crippen molar-refractivity contribution in [3.63, 3.8) is 0 Å². The Balaban J connectivity index is 0.763. The number of halogens is 3. The van der Waals surface area contributed by atoms with Gasteiger partial charge in [0.1, 0.15) is 5.02 Å². The van der Waals surface area contributed by atoms with E-state index in [1.54, 1.807) is 31.4 Å². The molecule has 2 amide bonds. The van der Waals surface area contributed by atoms with Crippen molar-refractivity contribution in [2.45, 2.75) is 56.4 Å². The van der Waals surface area contributed by atoms with Crippen molar-refractivity contribution < 1.29 is 23.1 Å². The molecule has 3 aromatic heterocycles. The average Bonchev–Trinajstić information content (AvgIpc) is 4.06. The molecule has 3 N–H and O–H groups in total. The summed E-state index contributed by atoms with van der Waals surface area (Å²) in [4.78, 5) is 54.0. The van der Waals surface area contributed by atoms with Crippen LogP contribution in [0.15, 0.2) is 47.4 Å². The number of rotatable bonds is 8. The summed E-state index contributed by atoms with van der Waals surface area (Å²) in [5, 5.41) is 15.4. The van der Waals surface area contributed by atoms with Crippen LogP contribution in [0.5, 0.6) is 5.75 Å². The third kappa shape index (κ3) is 7.49. The van der Waals surface area contributed by atoms with Gasteiger partial charge in [-0.25, -0.2) is 13.8 Å². The highest BCUT2D eigenvalue weighted by atomic mass is 35.5. The van der Waals surface area contributed by atoms with Crippen LogP contribution in [0, 0.1) is 11.8 Å². The number of amides is 2. The van der Waals surface area contributed by atoms with E-state index in [2.05, 4.69) is 53.8 Å². The molecule has 4 aliphatic heterocycles. The highest BCUT2D eigenvalue weighted by molar-refractivity contribution is 6.33. The van der Waals surface area contributed by atoms with Gasteiger partial charge in [-0.05, 0) is 80.3 Å². The number of alkyl halides is 2. The van der Waals surface area contributed by atoms with Gasteiger partial charge in [0.25, 0.3) is 5.56 Å². The Bertz CT molecular complexity index is 2620. The molecule has 320 valence electrons. The number of ether oxygens (including phenoxy) is 1. The Morgan fingerprint density at radius 3 is 2.46 bits per heavy atom. The Morgan fingerprint density at radius 2 is 1.70 bits per heavy atom. The fourth-order valence-electron chi connectivity index (χ4n) is 9.57. The van der Waals surface area contributed by atoms with Crippen molar-refractivity contribution in [2.24, 2.45) is 25.9 Å². The second kappa shape index (κ2) is 15.4. The molecule has 2 atom stereocenters. The van der Waals surface area contributed by atoms with Gasteiger partial charge in [-0.3, -0.25) is 29.3 Å². The summed E-state index contributed by atoms with van der Waals surface area (Å²) < 4.78 is 39.1. The fraction of sp³-hybridized carbons (Fsp3) is 0.488. The third-order valence-corrected chi connectivity index (χ3v) is 13.5. The van der Waals surface area contributed by atoms with Gasteiger partial charge in [-0.2, -0.15) is 10.1 Å². The van der Waals surface area contributed by atoms with E-state index in [0.29, 0.717) is 65.0 Å². The van der Waals surface area contributed by atoms with Gasteiger partial charge >= 0.3 is 5.92 Å². The minimum absolute atomic E-state index is 0.106. The van der Waals surface area contributed by atoms with Gasteiger partial charge in [-0.15, -0.1) is 0 Å². The van der Waals surface area contributed by atoms with Crippen LogP contribution in [0.2, 0.25) is 5.02 Å². The van der Waals surface area contributed by atoms with E-state index in [-0.39, 0.29) is 29.2 Å². The zero-order valence-corrected chi connectivity index (χ0v) is 34.9. The maximum Gasteiger partial charge on any atom is 0.301 e. The molecule has 10 rings (SSSR count). The monoisotopic (exact) mass is 855 g/mol. The number of imide groups is 1. The number of nitrogens with one attached hydrogen (secondary N) is 3. The number of carbonyl (C=O) groups is 2. The molecular formula is C43H48ClF2N11O4. The number of carbonyl (C=O) groups excluding carboxylic acids is 2. The summed E-state index contributed by atoms with van der Waals surface area (Å²) in [6, 6.07) is 10.6. The smallest absolute Gasteiger partial charge is 0.301 e. The van der Waals surface area contributed by atoms with Crippen LogP contribution < -0.4 is 36.0 Å². The molecule has 5 aliphatic rings. The summed E-state index contributed by atoms with van der Waals surface area (Å²) >= 11 is 6.63. The Labute approximate surface area is 355 Å². The average molecular weight is 856 g/mol. The number of benzene rings is 2. The first-order valence-electron chi connectivity index (χ1n) is 21.2. The highest BCUT2D eigenvalue weighted by Crippen LogP contribution is 2.46. The molecule has 18 heteroatoms. The standard InChI is InChI=1S/C43H48ClF2N11O4/c1-53-32-9-5-26(19-30(32)36-37(41(53)60)61-23-43(45,46)38(50-36)25-3-4-25)48-39-31(44)21-47-42(51-39)57-17-15-55(16-18-57)22-24-11-13-56(14-12-24)27-6-7-28-33(20-27)54(2)52-35(28)29-8-10-34(58)49-40(29)59/h5-7,9,19-21,24-25,29,38,50H,3-4,8,10-18,22-23H2,1-2H3,(H,47,48,51)(H,49,58,59). The summed E-state index contributed by atoms with van der Waals surface area (Å²) in [6.45, 7) is 5.38. The van der Waals surface area contributed by atoms with E-state index < -0.39 is 30.0 Å². The zero-order chi connectivity index (χ0) is 42.2. The number of anilines is 5. The SMILES string of the molecule is Cn1nc(C2CCC(=O)NC2=O)c2ccc(N3CCC(CN4CCN(c5ncc(Cl)c(Nc6ccc7c(c6)c6c(c(=O)n7C)OCC(F)(F)C(C7CC7)N6)n5)CC4)CC3)cc21. The van der Waals surface area contributed by atoms with Crippen LogP contribution in [0.25, 0.3) is 21.8 Å². The lowest BCUT2D eigenvalue weighted by atomic mass is 9.92. The largest absolute Gasteiger partial charge is 0.480 e. The molecule has 2 aromatic carbocycles. The Kier molecular flexibility index (Phi) is 10.0. The van der Waals surface area contributed by atoms with E-state index >= 15 is 8.78 Å². The van der Waals surface area contributed by atoms with E-state index in [9.17, 15) is 14.4 Å². The van der Waals surface area contributed by atoms with Crippen molar-refractivity contribution in [1.82, 2.24) is 34.5 Å². The summed E-state index contributed by atoms with van der Waals surface area (Å²) in [7, 11) is 3.51. The molecule has 0 radical (unpaired) electrons. The van der Waals surface area contributed by atoms with Crippen molar-refractivity contribution in [1.29, 1.82) is 0 Å². The predicted octanol–water partition coefficient (Wildman–Crippen LogP) is 5.39. The quantitative estimate of drug-likeness (QED) is 0.172. The van der Waals surface area contributed by atoms with Gasteiger partial charge < -0.3 is 29.7 Å². The molecule has 4 fully saturated rings. The number of piperazine rings is 1. The molecule has 5 aromatic rings. The first kappa shape index (κ1) is 39.6. The van der Waals surface area contributed by atoms with E-state index in [4.69, 9.17) is 26.4 Å². The fourth-order valence-corrected chi connectivity index (χ4v) is 9.71. The maximum absolute atomic E-state index is 15.2. The summed E-state index contributed by atoms with van der Waals surface area (Å²) in [6.07, 6.45) is 5.96. The lowest BCUT2D eigenvalue weighted by molar-refractivity contribution is -0.134. The van der Waals surface area contributed by atoms with Gasteiger partial charge in [0.15, 0.2) is 12.4 Å². The van der Waals surface area contributed by atoms with Crippen molar-refractivity contribution >= 4 is 74.0 Å². The third-order valence-electron chi connectivity index (χ3n) is 13.2. The Morgan fingerprint density at radius 1 is 0.918 bits per heavy atom. The molecule has 0 spiro atoms. The minimum Gasteiger partial charge on any atom is -0.480 e. The number of nitrogens with zero attached hydrogens (tertiary/aromatic N) is 8. The van der Waals surface area contributed by atoms with Gasteiger partial charge in [0, 0.05) is 88.5 Å². The topological polar surface area (TPSA) is 155 Å². The zero-order valence-electron chi connectivity index (χ0n) is 34.1. The summed E-state index contributed by atoms with van der Waals surface area (Å²) in [5.74, 6) is -2.77. The van der Waals surface area contributed by atoms with Crippen molar-refractivity contribution in [2.75, 3.05) is 72.9 Å².